The molecule has 0 aliphatic heterocycles. The summed E-state index contributed by atoms with van der Waals surface area (Å²) in [6.07, 6.45) is 2.17. The number of hydrogen-bond donors (Lipinski definition) is 1. The summed E-state index contributed by atoms with van der Waals surface area (Å²) in [5.74, 6) is 0.860. The lowest BCUT2D eigenvalue weighted by molar-refractivity contribution is -0.124. The molecule has 1 aliphatic rings. The Morgan fingerprint density at radius 1 is 1.45 bits per heavy atom. The van der Waals surface area contributed by atoms with Gasteiger partial charge in [-0.15, -0.1) is 10.2 Å². The Labute approximate surface area is 126 Å². The van der Waals surface area contributed by atoms with Gasteiger partial charge in [0.1, 0.15) is 6.04 Å². The fourth-order valence-electron chi connectivity index (χ4n) is 2.14. The summed E-state index contributed by atoms with van der Waals surface area (Å²) in [5, 5.41) is 14.5. The minimum atomic E-state index is -0.699. The van der Waals surface area contributed by atoms with Gasteiger partial charge in [0.15, 0.2) is 0 Å². The lowest BCUT2D eigenvalue weighted by Crippen LogP contribution is -2.37. The van der Waals surface area contributed by atoms with Crippen LogP contribution in [0.2, 0.25) is 0 Å². The van der Waals surface area contributed by atoms with Gasteiger partial charge in [-0.3, -0.25) is 9.59 Å². The molecule has 1 aliphatic carbocycles. The van der Waals surface area contributed by atoms with Crippen molar-refractivity contribution in [2.24, 2.45) is 0 Å². The van der Waals surface area contributed by atoms with Crippen LogP contribution in [-0.2, 0) is 11.3 Å². The van der Waals surface area contributed by atoms with Gasteiger partial charge in [-0.25, -0.2) is 4.68 Å². The van der Waals surface area contributed by atoms with Crippen LogP contribution in [-0.4, -0.2) is 25.9 Å². The van der Waals surface area contributed by atoms with E-state index in [4.69, 9.17) is 4.42 Å². The fraction of sp³-hybridized carbons (Fsp3) is 0.500. The Morgan fingerprint density at radius 3 is 2.86 bits per heavy atom. The van der Waals surface area contributed by atoms with E-state index >= 15 is 0 Å². The number of aromatic nitrogens is 4. The number of amides is 1. The van der Waals surface area contributed by atoms with Crippen LogP contribution in [0.3, 0.4) is 0 Å². The summed E-state index contributed by atoms with van der Waals surface area (Å²) in [5.41, 5.74) is 0.576. The summed E-state index contributed by atoms with van der Waals surface area (Å²) in [6, 6.07) is 2.50. The van der Waals surface area contributed by atoms with Gasteiger partial charge >= 0.3 is 0 Å². The first-order valence-electron chi connectivity index (χ1n) is 7.21. The zero-order chi connectivity index (χ0) is 15.7. The average Bonchev–Trinajstić information content (AvgIpc) is 3.27. The van der Waals surface area contributed by atoms with Crippen LogP contribution in [0.1, 0.15) is 49.2 Å². The highest BCUT2D eigenvalue weighted by Gasteiger charge is 2.27. The predicted molar refractivity (Wildman–Crippen MR) is 76.1 cm³/mol. The lowest BCUT2D eigenvalue weighted by atomic mass is 10.2. The highest BCUT2D eigenvalue weighted by molar-refractivity contribution is 5.79. The fourth-order valence-corrected chi connectivity index (χ4v) is 2.14. The minimum Gasteiger partial charge on any atom is -0.424 e. The van der Waals surface area contributed by atoms with E-state index in [0.717, 1.165) is 18.5 Å². The molecule has 2 heterocycles. The normalized spacial score (nSPS) is 15.5. The third-order valence-corrected chi connectivity index (χ3v) is 3.57. The summed E-state index contributed by atoms with van der Waals surface area (Å²) in [6.45, 7) is 3.44. The topological polar surface area (TPSA) is 103 Å². The largest absolute Gasteiger partial charge is 0.424 e. The van der Waals surface area contributed by atoms with Gasteiger partial charge in [-0.2, -0.15) is 5.10 Å². The molecule has 1 N–H and O–H groups in total. The maximum Gasteiger partial charge on any atom is 0.267 e. The van der Waals surface area contributed by atoms with Crippen molar-refractivity contribution in [3.8, 4) is 0 Å². The van der Waals surface area contributed by atoms with E-state index in [9.17, 15) is 9.59 Å². The second-order valence-corrected chi connectivity index (χ2v) is 5.42. The van der Waals surface area contributed by atoms with Crippen LogP contribution in [0.15, 0.2) is 21.3 Å². The van der Waals surface area contributed by atoms with Gasteiger partial charge in [0.2, 0.25) is 17.7 Å². The van der Waals surface area contributed by atoms with Crippen LogP contribution in [0.5, 0.6) is 0 Å². The molecule has 22 heavy (non-hydrogen) atoms. The third kappa shape index (κ3) is 3.05. The quantitative estimate of drug-likeness (QED) is 0.871. The zero-order valence-corrected chi connectivity index (χ0v) is 12.4. The van der Waals surface area contributed by atoms with Gasteiger partial charge in [0, 0.05) is 18.9 Å². The number of carbonyl (C=O) groups is 1. The first kappa shape index (κ1) is 14.4. The number of nitrogens with one attached hydrogen (secondary N) is 1. The number of hydrogen-bond acceptors (Lipinski definition) is 6. The number of rotatable bonds is 5. The third-order valence-electron chi connectivity index (χ3n) is 3.57. The Balaban J connectivity index is 1.69. The minimum absolute atomic E-state index is 0.126. The van der Waals surface area contributed by atoms with Crippen LogP contribution in [0.4, 0.5) is 0 Å². The maximum atomic E-state index is 12.2. The molecule has 8 nitrogen and oxygen atoms in total. The first-order chi connectivity index (χ1) is 10.5. The zero-order valence-electron chi connectivity index (χ0n) is 12.4. The maximum absolute atomic E-state index is 12.2. The molecule has 1 atom stereocenters. The molecular formula is C14H17N5O3. The molecule has 0 saturated heterocycles. The van der Waals surface area contributed by atoms with Crippen molar-refractivity contribution in [1.29, 1.82) is 0 Å². The van der Waals surface area contributed by atoms with Crippen molar-refractivity contribution in [1.82, 2.24) is 25.3 Å². The Hall–Kier alpha value is -2.51. The summed E-state index contributed by atoms with van der Waals surface area (Å²) in [7, 11) is 0. The Bertz CT molecular complexity index is 747. The molecule has 1 fully saturated rings. The highest BCUT2D eigenvalue weighted by Crippen LogP contribution is 2.38. The van der Waals surface area contributed by atoms with Gasteiger partial charge in [-0.1, -0.05) is 0 Å². The van der Waals surface area contributed by atoms with Crippen molar-refractivity contribution < 1.29 is 9.21 Å². The molecule has 1 unspecified atom stereocenters. The smallest absolute Gasteiger partial charge is 0.267 e. The van der Waals surface area contributed by atoms with E-state index in [2.05, 4.69) is 20.6 Å². The molecule has 0 radical (unpaired) electrons. The van der Waals surface area contributed by atoms with E-state index in [1.807, 2.05) is 0 Å². The molecule has 1 amide bonds. The van der Waals surface area contributed by atoms with E-state index < -0.39 is 6.04 Å². The first-order valence-corrected chi connectivity index (χ1v) is 7.21. The van der Waals surface area contributed by atoms with Crippen molar-refractivity contribution in [2.75, 3.05) is 0 Å². The molecule has 0 spiro atoms. The Morgan fingerprint density at radius 2 is 2.23 bits per heavy atom. The molecule has 116 valence electrons. The molecule has 3 rings (SSSR count). The molecule has 2 aromatic rings. The number of nitrogens with zero attached hydrogens (tertiary/aromatic N) is 4. The van der Waals surface area contributed by atoms with Crippen LogP contribution in [0.25, 0.3) is 0 Å². The molecule has 2 aromatic heterocycles. The van der Waals surface area contributed by atoms with Crippen LogP contribution < -0.4 is 10.9 Å². The monoisotopic (exact) mass is 303 g/mol. The summed E-state index contributed by atoms with van der Waals surface area (Å²) in [4.78, 5) is 24.1. The second-order valence-electron chi connectivity index (χ2n) is 5.42. The van der Waals surface area contributed by atoms with E-state index in [-0.39, 0.29) is 18.0 Å². The van der Waals surface area contributed by atoms with Crippen LogP contribution >= 0.6 is 0 Å². The van der Waals surface area contributed by atoms with Gasteiger partial charge in [-0.05, 0) is 25.8 Å². The van der Waals surface area contributed by atoms with E-state index in [1.165, 1.54) is 10.7 Å². The van der Waals surface area contributed by atoms with E-state index in [0.29, 0.717) is 17.7 Å². The average molecular weight is 303 g/mol. The standard InChI is InChI=1S/C14H17N5O3/c1-8(14(21)15-7-12-17-16-9(2)22-12)19-13(20)6-5-11(18-19)10-3-4-10/h5-6,8,10H,3-4,7H2,1-2H3,(H,15,21). The van der Waals surface area contributed by atoms with Gasteiger partial charge < -0.3 is 9.73 Å². The lowest BCUT2D eigenvalue weighted by Gasteiger charge is -2.14. The molecule has 8 heteroatoms. The summed E-state index contributed by atoms with van der Waals surface area (Å²) < 4.78 is 6.41. The van der Waals surface area contributed by atoms with E-state index in [1.54, 1.807) is 19.9 Å². The number of aryl methyl sites for hydroxylation is 1. The Kier molecular flexibility index (Phi) is 3.74. The number of carbonyl (C=O) groups excluding carboxylic acids is 1. The molecule has 0 bridgehead atoms. The molecule has 1 saturated carbocycles. The van der Waals surface area contributed by atoms with Gasteiger partial charge in [0.05, 0.1) is 12.2 Å². The van der Waals surface area contributed by atoms with Crippen LogP contribution in [0, 0.1) is 6.92 Å². The van der Waals surface area contributed by atoms with Crippen molar-refractivity contribution in [3.63, 3.8) is 0 Å². The van der Waals surface area contributed by atoms with Gasteiger partial charge in [0.25, 0.3) is 5.56 Å². The van der Waals surface area contributed by atoms with Crippen molar-refractivity contribution in [3.05, 3.63) is 40.0 Å². The van der Waals surface area contributed by atoms with Crippen molar-refractivity contribution >= 4 is 5.91 Å². The SMILES string of the molecule is Cc1nnc(CNC(=O)C(C)n2nc(C3CC3)ccc2=O)o1. The highest BCUT2D eigenvalue weighted by atomic mass is 16.4. The predicted octanol–water partition coefficient (Wildman–Crippen LogP) is 0.690. The molecule has 0 aromatic carbocycles. The molecular weight excluding hydrogens is 286 g/mol. The van der Waals surface area contributed by atoms with Crippen molar-refractivity contribution in [2.45, 2.75) is 45.2 Å². The summed E-state index contributed by atoms with van der Waals surface area (Å²) >= 11 is 0. The second kappa shape index (κ2) is 5.70.